The fraction of sp³-hybridized carbons (Fsp3) is 0.667. The highest BCUT2D eigenvalue weighted by Gasteiger charge is 2.43. The number of methoxy groups -OCH3 is 1. The van der Waals surface area contributed by atoms with Crippen LogP contribution in [-0.4, -0.2) is 19.2 Å². The van der Waals surface area contributed by atoms with Crippen LogP contribution in [0.2, 0.25) is 0 Å². The quantitative estimate of drug-likeness (QED) is 0.882. The fourth-order valence-electron chi connectivity index (χ4n) is 4.27. The lowest BCUT2D eigenvalue weighted by Crippen LogP contribution is -2.49. The summed E-state index contributed by atoms with van der Waals surface area (Å²) in [6.45, 7) is 0.709. The molecule has 2 aliphatic carbocycles. The van der Waals surface area contributed by atoms with Gasteiger partial charge in [-0.3, -0.25) is 0 Å². The molecule has 3 heteroatoms. The van der Waals surface area contributed by atoms with Crippen LogP contribution < -0.4 is 15.8 Å². The van der Waals surface area contributed by atoms with E-state index in [0.717, 1.165) is 11.4 Å². The van der Waals surface area contributed by atoms with Crippen molar-refractivity contribution >= 4 is 5.69 Å². The van der Waals surface area contributed by atoms with Crippen LogP contribution in [0.1, 0.15) is 51.4 Å². The number of anilines is 1. The zero-order chi connectivity index (χ0) is 14.8. The van der Waals surface area contributed by atoms with E-state index >= 15 is 0 Å². The van der Waals surface area contributed by atoms with E-state index in [1.807, 2.05) is 12.1 Å². The Morgan fingerprint density at radius 3 is 2.43 bits per heavy atom. The van der Waals surface area contributed by atoms with Crippen LogP contribution in [0.3, 0.4) is 0 Å². The lowest BCUT2D eigenvalue weighted by molar-refractivity contribution is 0.148. The van der Waals surface area contributed by atoms with Crippen LogP contribution in [0.25, 0.3) is 0 Å². The molecule has 0 unspecified atom stereocenters. The Kier molecular flexibility index (Phi) is 4.12. The highest BCUT2D eigenvalue weighted by atomic mass is 16.5. The van der Waals surface area contributed by atoms with E-state index in [9.17, 15) is 0 Å². The van der Waals surface area contributed by atoms with Crippen molar-refractivity contribution in [2.24, 2.45) is 11.1 Å². The van der Waals surface area contributed by atoms with Crippen LogP contribution >= 0.6 is 0 Å². The monoisotopic (exact) mass is 288 g/mol. The molecule has 21 heavy (non-hydrogen) atoms. The van der Waals surface area contributed by atoms with Crippen molar-refractivity contribution in [3.8, 4) is 5.75 Å². The topological polar surface area (TPSA) is 47.3 Å². The van der Waals surface area contributed by atoms with Crippen molar-refractivity contribution in [1.29, 1.82) is 0 Å². The molecule has 1 aromatic rings. The smallest absolute Gasteiger partial charge is 0.120 e. The molecule has 0 aromatic heterocycles. The normalized spacial score (nSPS) is 23.1. The van der Waals surface area contributed by atoms with Crippen molar-refractivity contribution in [1.82, 2.24) is 0 Å². The molecule has 0 bridgehead atoms. The molecule has 0 saturated heterocycles. The van der Waals surface area contributed by atoms with Crippen LogP contribution in [-0.2, 0) is 0 Å². The molecule has 0 heterocycles. The predicted octanol–water partition coefficient (Wildman–Crippen LogP) is 3.94. The first-order chi connectivity index (χ1) is 10.2. The average Bonchev–Trinajstić information content (AvgIpc) is 2.99. The first-order valence-electron chi connectivity index (χ1n) is 8.32. The number of nitrogens with one attached hydrogen (secondary N) is 1. The molecule has 0 aliphatic heterocycles. The minimum Gasteiger partial charge on any atom is -0.497 e. The maximum atomic E-state index is 6.15. The molecule has 3 nitrogen and oxygen atoms in total. The van der Waals surface area contributed by atoms with Gasteiger partial charge in [-0.2, -0.15) is 0 Å². The Balaban J connectivity index is 1.70. The highest BCUT2D eigenvalue weighted by Crippen LogP contribution is 2.51. The van der Waals surface area contributed by atoms with Crippen molar-refractivity contribution < 1.29 is 4.74 Å². The summed E-state index contributed by atoms with van der Waals surface area (Å²) >= 11 is 0. The molecule has 0 amide bonds. The number of rotatable bonds is 4. The Hall–Kier alpha value is -1.22. The maximum absolute atomic E-state index is 6.15. The zero-order valence-corrected chi connectivity index (χ0v) is 13.2. The van der Waals surface area contributed by atoms with Gasteiger partial charge in [-0.15, -0.1) is 0 Å². The van der Waals surface area contributed by atoms with Gasteiger partial charge in [-0.05, 0) is 56.1 Å². The molecule has 2 fully saturated rings. The van der Waals surface area contributed by atoms with Gasteiger partial charge < -0.3 is 15.8 Å². The van der Waals surface area contributed by atoms with E-state index in [0.29, 0.717) is 12.0 Å². The molecular formula is C18H28N2O. The summed E-state index contributed by atoms with van der Waals surface area (Å²) < 4.78 is 5.32. The van der Waals surface area contributed by atoms with Gasteiger partial charge in [0.1, 0.15) is 5.75 Å². The van der Waals surface area contributed by atoms with Gasteiger partial charge in [0.2, 0.25) is 0 Å². The Morgan fingerprint density at radius 1 is 1.10 bits per heavy atom. The molecule has 3 N–H and O–H groups in total. The Bertz CT molecular complexity index is 470. The summed E-state index contributed by atoms with van der Waals surface area (Å²) in [6, 6.07) is 8.19. The van der Waals surface area contributed by atoms with Crippen molar-refractivity contribution in [3.63, 3.8) is 0 Å². The minimum atomic E-state index is 0.0696. The molecular weight excluding hydrogens is 260 g/mol. The van der Waals surface area contributed by atoms with Gasteiger partial charge in [-0.25, -0.2) is 0 Å². The molecule has 0 atom stereocenters. The van der Waals surface area contributed by atoms with E-state index in [-0.39, 0.29) is 5.54 Å². The van der Waals surface area contributed by atoms with Crippen molar-refractivity contribution in [2.75, 3.05) is 19.0 Å². The van der Waals surface area contributed by atoms with Crippen molar-refractivity contribution in [2.45, 2.75) is 56.9 Å². The van der Waals surface area contributed by atoms with E-state index in [2.05, 4.69) is 17.4 Å². The molecule has 3 rings (SSSR count). The zero-order valence-electron chi connectivity index (χ0n) is 13.2. The third kappa shape index (κ3) is 3.03. The van der Waals surface area contributed by atoms with E-state index in [1.54, 1.807) is 7.11 Å². The summed E-state index contributed by atoms with van der Waals surface area (Å²) in [4.78, 5) is 0. The minimum absolute atomic E-state index is 0.0696. The largest absolute Gasteiger partial charge is 0.497 e. The average molecular weight is 288 g/mol. The molecule has 2 saturated carbocycles. The maximum Gasteiger partial charge on any atom is 0.120 e. The fourth-order valence-corrected chi connectivity index (χ4v) is 4.27. The summed E-state index contributed by atoms with van der Waals surface area (Å²) in [5.74, 6) is 0.898. The van der Waals surface area contributed by atoms with Crippen LogP contribution in [0.5, 0.6) is 5.75 Å². The number of nitrogens with two attached hydrogens (primary N) is 1. The van der Waals surface area contributed by atoms with Gasteiger partial charge in [0.25, 0.3) is 0 Å². The van der Waals surface area contributed by atoms with Crippen molar-refractivity contribution in [3.05, 3.63) is 24.3 Å². The molecule has 0 radical (unpaired) electrons. The second-order valence-corrected chi connectivity index (χ2v) is 7.05. The number of hydrogen-bond donors (Lipinski definition) is 2. The van der Waals surface area contributed by atoms with Gasteiger partial charge in [-0.1, -0.05) is 18.9 Å². The van der Waals surface area contributed by atoms with Gasteiger partial charge in [0, 0.05) is 23.8 Å². The number of ether oxygens (including phenoxy) is 1. The standard InChI is InChI=1S/C18H28N2O/c1-21-16-6-4-5-15(13-16)20-18(14-19)11-9-17(10-12-18)7-2-3-8-17/h4-6,13,20H,2-3,7-12,14,19H2,1H3. The lowest BCUT2D eigenvalue weighted by Gasteiger charge is -2.45. The third-order valence-corrected chi connectivity index (χ3v) is 5.80. The van der Waals surface area contributed by atoms with Crippen LogP contribution in [0.15, 0.2) is 24.3 Å². The van der Waals surface area contributed by atoms with E-state index < -0.39 is 0 Å². The summed E-state index contributed by atoms with van der Waals surface area (Å²) in [6.07, 6.45) is 10.8. The second-order valence-electron chi connectivity index (χ2n) is 7.05. The molecule has 1 spiro atoms. The van der Waals surface area contributed by atoms with E-state index in [1.165, 1.54) is 51.4 Å². The van der Waals surface area contributed by atoms with Gasteiger partial charge in [0.15, 0.2) is 0 Å². The first-order valence-corrected chi connectivity index (χ1v) is 8.32. The molecule has 2 aliphatic rings. The molecule has 1 aromatic carbocycles. The Morgan fingerprint density at radius 2 is 1.81 bits per heavy atom. The summed E-state index contributed by atoms with van der Waals surface area (Å²) in [7, 11) is 1.71. The van der Waals surface area contributed by atoms with Gasteiger partial charge >= 0.3 is 0 Å². The Labute approximate surface area is 128 Å². The summed E-state index contributed by atoms with van der Waals surface area (Å²) in [5, 5.41) is 3.72. The lowest BCUT2D eigenvalue weighted by atomic mass is 9.66. The molecule has 116 valence electrons. The second kappa shape index (κ2) is 5.88. The number of hydrogen-bond acceptors (Lipinski definition) is 3. The number of benzene rings is 1. The van der Waals surface area contributed by atoms with Crippen LogP contribution in [0, 0.1) is 5.41 Å². The van der Waals surface area contributed by atoms with E-state index in [4.69, 9.17) is 10.5 Å². The van der Waals surface area contributed by atoms with Crippen LogP contribution in [0.4, 0.5) is 5.69 Å². The summed E-state index contributed by atoms with van der Waals surface area (Å²) in [5.41, 5.74) is 7.99. The van der Waals surface area contributed by atoms with Gasteiger partial charge in [0.05, 0.1) is 7.11 Å². The third-order valence-electron chi connectivity index (χ3n) is 5.80. The predicted molar refractivity (Wildman–Crippen MR) is 87.8 cm³/mol. The highest BCUT2D eigenvalue weighted by molar-refractivity contribution is 5.50. The first kappa shape index (κ1) is 14.7. The SMILES string of the molecule is COc1cccc(NC2(CN)CCC3(CCCC3)CC2)c1.